The van der Waals surface area contributed by atoms with Gasteiger partial charge < -0.3 is 4.90 Å². The zero-order valence-corrected chi connectivity index (χ0v) is 13.8. The summed E-state index contributed by atoms with van der Waals surface area (Å²) in [6.45, 7) is 4.47. The van der Waals surface area contributed by atoms with Crippen molar-refractivity contribution in [2.45, 2.75) is 20.4 Å². The molecule has 0 aliphatic carbocycles. The lowest BCUT2D eigenvalue weighted by Crippen LogP contribution is -2.41. The van der Waals surface area contributed by atoms with Crippen LogP contribution in [0.3, 0.4) is 0 Å². The van der Waals surface area contributed by atoms with Crippen LogP contribution >= 0.6 is 0 Å². The Kier molecular flexibility index (Phi) is 6.32. The fourth-order valence-electron chi connectivity index (χ4n) is 1.70. The molecule has 0 aliphatic heterocycles. The third kappa shape index (κ3) is 5.82. The van der Waals surface area contributed by atoms with E-state index in [2.05, 4.69) is 4.72 Å². The number of benzene rings is 1. The normalized spacial score (nSPS) is 11.7. The molecule has 1 rings (SSSR count). The average molecular weight is 313 g/mol. The predicted molar refractivity (Wildman–Crippen MR) is 82.9 cm³/mol. The lowest BCUT2D eigenvalue weighted by Gasteiger charge is -2.22. The van der Waals surface area contributed by atoms with Gasteiger partial charge in [0.25, 0.3) is 10.2 Å². The van der Waals surface area contributed by atoms with Crippen molar-refractivity contribution in [3.05, 3.63) is 35.4 Å². The van der Waals surface area contributed by atoms with E-state index in [9.17, 15) is 13.2 Å². The molecule has 118 valence electrons. The predicted octanol–water partition coefficient (Wildman–Crippen LogP) is 0.740. The average Bonchev–Trinajstić information content (AvgIpc) is 2.39. The zero-order valence-electron chi connectivity index (χ0n) is 13.0. The topological polar surface area (TPSA) is 69.7 Å². The Hall–Kier alpha value is -1.44. The number of carbonyl (C=O) groups excluding carboxylic acids is 1. The van der Waals surface area contributed by atoms with Crippen LogP contribution in [0.25, 0.3) is 0 Å². The van der Waals surface area contributed by atoms with E-state index >= 15 is 0 Å². The first-order valence-corrected chi connectivity index (χ1v) is 8.14. The second kappa shape index (κ2) is 7.53. The van der Waals surface area contributed by atoms with Crippen molar-refractivity contribution in [1.29, 1.82) is 0 Å². The van der Waals surface area contributed by atoms with Crippen LogP contribution in [-0.2, 0) is 21.5 Å². The van der Waals surface area contributed by atoms with E-state index in [1.807, 2.05) is 31.2 Å². The van der Waals surface area contributed by atoms with Crippen LogP contribution in [0.15, 0.2) is 24.3 Å². The van der Waals surface area contributed by atoms with E-state index in [0.717, 1.165) is 15.4 Å². The van der Waals surface area contributed by atoms with Gasteiger partial charge in [-0.05, 0) is 12.5 Å². The Labute approximate surface area is 126 Å². The summed E-state index contributed by atoms with van der Waals surface area (Å²) in [5.41, 5.74) is 2.18. The minimum absolute atomic E-state index is 0.0837. The van der Waals surface area contributed by atoms with E-state index in [1.165, 1.54) is 21.0 Å². The minimum Gasteiger partial charge on any atom is -0.337 e. The summed E-state index contributed by atoms with van der Waals surface area (Å²) in [6.07, 6.45) is 0. The van der Waals surface area contributed by atoms with Crippen molar-refractivity contribution in [2.24, 2.45) is 0 Å². The number of hydrogen-bond acceptors (Lipinski definition) is 3. The van der Waals surface area contributed by atoms with Crippen LogP contribution < -0.4 is 4.72 Å². The molecule has 0 spiro atoms. The smallest absolute Gasteiger partial charge is 0.278 e. The molecule has 0 atom stereocenters. The van der Waals surface area contributed by atoms with Crippen molar-refractivity contribution in [3.63, 3.8) is 0 Å². The number of rotatable bonds is 7. The quantitative estimate of drug-likeness (QED) is 0.807. The first-order valence-electron chi connectivity index (χ1n) is 6.70. The third-order valence-electron chi connectivity index (χ3n) is 3.09. The summed E-state index contributed by atoms with van der Waals surface area (Å²) >= 11 is 0. The first-order chi connectivity index (χ1) is 9.72. The molecule has 1 N–H and O–H groups in total. The van der Waals surface area contributed by atoms with Gasteiger partial charge in [0, 0.05) is 40.7 Å². The highest BCUT2D eigenvalue weighted by Crippen LogP contribution is 2.07. The van der Waals surface area contributed by atoms with Crippen molar-refractivity contribution < 1.29 is 13.2 Å². The minimum atomic E-state index is -3.45. The highest BCUT2D eigenvalue weighted by Gasteiger charge is 2.14. The monoisotopic (exact) mass is 313 g/mol. The number of hydrogen-bond donors (Lipinski definition) is 1. The molecule has 0 saturated carbocycles. The number of aryl methyl sites for hydroxylation is 1. The number of nitrogens with one attached hydrogen (secondary N) is 1. The van der Waals surface area contributed by atoms with Crippen LogP contribution in [-0.4, -0.2) is 50.7 Å². The second-order valence-corrected chi connectivity index (χ2v) is 7.08. The third-order valence-corrected chi connectivity index (χ3v) is 4.62. The molecular weight excluding hydrogens is 290 g/mol. The second-order valence-electron chi connectivity index (χ2n) is 5.11. The highest BCUT2D eigenvalue weighted by molar-refractivity contribution is 7.87. The highest BCUT2D eigenvalue weighted by atomic mass is 32.2. The number of amides is 1. The Bertz CT molecular complexity index is 568. The summed E-state index contributed by atoms with van der Waals surface area (Å²) in [4.78, 5) is 13.3. The van der Waals surface area contributed by atoms with Crippen molar-refractivity contribution in [2.75, 3.05) is 27.2 Å². The van der Waals surface area contributed by atoms with Crippen molar-refractivity contribution in [3.8, 4) is 0 Å². The first kappa shape index (κ1) is 17.6. The number of nitrogens with zero attached hydrogens (tertiary/aromatic N) is 2. The molecule has 0 unspecified atom stereocenters. The molecule has 0 aromatic heterocycles. The van der Waals surface area contributed by atoms with Crippen LogP contribution in [0.5, 0.6) is 0 Å². The lowest BCUT2D eigenvalue weighted by atomic mass is 10.1. The molecular formula is C14H23N3O3S. The van der Waals surface area contributed by atoms with Gasteiger partial charge >= 0.3 is 0 Å². The molecule has 0 fully saturated rings. The van der Waals surface area contributed by atoms with Gasteiger partial charge in [0.2, 0.25) is 5.91 Å². The Balaban J connectivity index is 2.59. The Morgan fingerprint density at radius 2 is 1.76 bits per heavy atom. The standard InChI is InChI=1S/C14H23N3O3S/c1-12-5-7-14(8-6-12)11-17(13(2)18)10-9-15-21(19,20)16(3)4/h5-8,15H,9-11H2,1-4H3. The van der Waals surface area contributed by atoms with Gasteiger partial charge in [-0.15, -0.1) is 0 Å². The summed E-state index contributed by atoms with van der Waals surface area (Å²) in [5, 5.41) is 0. The molecule has 0 bridgehead atoms. The number of carbonyl (C=O) groups is 1. The van der Waals surface area contributed by atoms with Gasteiger partial charge in [-0.2, -0.15) is 12.7 Å². The maximum Gasteiger partial charge on any atom is 0.278 e. The van der Waals surface area contributed by atoms with Gasteiger partial charge in [-0.1, -0.05) is 29.8 Å². The largest absolute Gasteiger partial charge is 0.337 e. The summed E-state index contributed by atoms with van der Waals surface area (Å²) in [7, 11) is -0.541. The summed E-state index contributed by atoms with van der Waals surface area (Å²) in [6, 6.07) is 7.91. The van der Waals surface area contributed by atoms with E-state index in [1.54, 1.807) is 4.90 Å². The Morgan fingerprint density at radius 1 is 1.19 bits per heavy atom. The zero-order chi connectivity index (χ0) is 16.0. The Morgan fingerprint density at radius 3 is 2.24 bits per heavy atom. The molecule has 6 nitrogen and oxygen atoms in total. The van der Waals surface area contributed by atoms with Gasteiger partial charge in [-0.3, -0.25) is 4.79 Å². The van der Waals surface area contributed by atoms with Crippen LogP contribution in [0.1, 0.15) is 18.1 Å². The fraction of sp³-hybridized carbons (Fsp3) is 0.500. The van der Waals surface area contributed by atoms with E-state index in [4.69, 9.17) is 0 Å². The van der Waals surface area contributed by atoms with Crippen molar-refractivity contribution >= 4 is 16.1 Å². The molecule has 1 aromatic rings. The SMILES string of the molecule is CC(=O)N(CCNS(=O)(=O)N(C)C)Cc1ccc(C)cc1. The lowest BCUT2D eigenvalue weighted by molar-refractivity contribution is -0.129. The summed E-state index contributed by atoms with van der Waals surface area (Å²) in [5.74, 6) is -0.0837. The maximum atomic E-state index is 11.6. The molecule has 0 saturated heterocycles. The van der Waals surface area contributed by atoms with E-state index in [-0.39, 0.29) is 12.5 Å². The van der Waals surface area contributed by atoms with E-state index < -0.39 is 10.2 Å². The fourth-order valence-corrected chi connectivity index (χ4v) is 2.31. The molecule has 21 heavy (non-hydrogen) atoms. The molecule has 1 aromatic carbocycles. The van der Waals surface area contributed by atoms with Crippen molar-refractivity contribution in [1.82, 2.24) is 13.9 Å². The van der Waals surface area contributed by atoms with Crippen LogP contribution in [0, 0.1) is 6.92 Å². The van der Waals surface area contributed by atoms with Gasteiger partial charge in [0.15, 0.2) is 0 Å². The maximum absolute atomic E-state index is 11.6. The summed E-state index contributed by atoms with van der Waals surface area (Å²) < 4.78 is 26.7. The van der Waals surface area contributed by atoms with Gasteiger partial charge in [0.05, 0.1) is 0 Å². The van der Waals surface area contributed by atoms with Crippen LogP contribution in [0.4, 0.5) is 0 Å². The molecule has 0 radical (unpaired) electrons. The molecule has 7 heteroatoms. The molecule has 0 heterocycles. The molecule has 1 amide bonds. The van der Waals surface area contributed by atoms with Crippen LogP contribution in [0.2, 0.25) is 0 Å². The van der Waals surface area contributed by atoms with Gasteiger partial charge in [0.1, 0.15) is 0 Å². The van der Waals surface area contributed by atoms with E-state index in [0.29, 0.717) is 13.1 Å². The van der Waals surface area contributed by atoms with Gasteiger partial charge in [-0.25, -0.2) is 4.72 Å². The molecule has 0 aliphatic rings.